The van der Waals surface area contributed by atoms with Crippen LogP contribution in [0.1, 0.15) is 45.0 Å². The van der Waals surface area contributed by atoms with E-state index in [1.807, 2.05) is 14.0 Å². The minimum absolute atomic E-state index is 0.328. The van der Waals surface area contributed by atoms with Crippen molar-refractivity contribution in [3.8, 4) is 11.8 Å². The predicted octanol–water partition coefficient (Wildman–Crippen LogP) is 3.66. The summed E-state index contributed by atoms with van der Waals surface area (Å²) in [5.74, 6) is 8.18. The van der Waals surface area contributed by atoms with Crippen LogP contribution in [0.5, 0.6) is 0 Å². The third-order valence-electron chi connectivity index (χ3n) is 4.41. The molecule has 0 aliphatic carbocycles. The lowest BCUT2D eigenvalue weighted by molar-refractivity contribution is 0.265. The second-order valence-corrected chi connectivity index (χ2v) is 7.55. The molecular weight excluding hydrogens is 322 g/mol. The topological polar surface area (TPSA) is 37.2 Å². The normalized spacial score (nSPS) is 11.0. The number of aromatic nitrogens is 3. The van der Waals surface area contributed by atoms with Crippen molar-refractivity contribution in [2.45, 2.75) is 40.7 Å². The van der Waals surface area contributed by atoms with Gasteiger partial charge in [-0.25, -0.2) is 9.97 Å². The maximum atomic E-state index is 4.46. The van der Waals surface area contributed by atoms with Gasteiger partial charge in [0.25, 0.3) is 0 Å². The van der Waals surface area contributed by atoms with E-state index in [0.717, 1.165) is 34.7 Å². The first kappa shape index (κ1) is 19.8. The van der Waals surface area contributed by atoms with Gasteiger partial charge in [0.05, 0.1) is 29.0 Å². The van der Waals surface area contributed by atoms with Crippen molar-refractivity contribution < 1.29 is 0 Å². The molecule has 0 radical (unpaired) electrons. The number of aryl methyl sites for hydroxylation is 1. The van der Waals surface area contributed by atoms with Crippen LogP contribution in [0, 0.1) is 24.7 Å². The molecule has 140 valence electrons. The van der Waals surface area contributed by atoms with Gasteiger partial charge >= 0.3 is 0 Å². The maximum Gasteiger partial charge on any atom is 0.145 e. The Balaban J connectivity index is 2.21. The molecule has 2 aromatic rings. The molecule has 0 fully saturated rings. The Labute approximate surface area is 157 Å². The molecule has 0 N–H and O–H groups in total. The highest BCUT2D eigenvalue weighted by molar-refractivity contribution is 5.85. The number of hydrogen-bond donors (Lipinski definition) is 0. The zero-order valence-corrected chi connectivity index (χ0v) is 17.2. The van der Waals surface area contributed by atoms with Crippen LogP contribution < -0.4 is 0 Å². The first-order valence-electron chi connectivity index (χ1n) is 9.14. The molecule has 0 amide bonds. The molecule has 0 unspecified atom stereocenters. The fourth-order valence-electron chi connectivity index (χ4n) is 3.01. The van der Waals surface area contributed by atoms with Gasteiger partial charge in [-0.15, -0.1) is 0 Å². The Hall–Kier alpha value is -2.48. The molecule has 0 spiro atoms. The van der Waals surface area contributed by atoms with Crippen LogP contribution in [0.3, 0.4) is 0 Å². The second kappa shape index (κ2) is 8.27. The maximum absolute atomic E-state index is 4.46. The monoisotopic (exact) mass is 353 g/mol. The van der Waals surface area contributed by atoms with Crippen LogP contribution >= 0.6 is 0 Å². The molecular formula is C21H31N5. The number of fused-ring (bicyclic) bond motifs is 1. The lowest BCUT2D eigenvalue weighted by Gasteiger charge is -2.29. The summed E-state index contributed by atoms with van der Waals surface area (Å²) in [5.41, 5.74) is 2.90. The first-order valence-corrected chi connectivity index (χ1v) is 9.14. The zero-order valence-electron chi connectivity index (χ0n) is 17.2. The molecule has 2 rings (SSSR count). The molecule has 5 heteroatoms. The third-order valence-corrected chi connectivity index (χ3v) is 4.41. The van der Waals surface area contributed by atoms with Crippen molar-refractivity contribution in [3.05, 3.63) is 36.2 Å². The molecule has 0 saturated carbocycles. The van der Waals surface area contributed by atoms with E-state index in [1.165, 1.54) is 0 Å². The van der Waals surface area contributed by atoms with Crippen LogP contribution in [0.15, 0.2) is 24.9 Å². The van der Waals surface area contributed by atoms with Crippen LogP contribution in [0.4, 0.5) is 0 Å². The van der Waals surface area contributed by atoms with Crippen LogP contribution in [-0.2, 0) is 0 Å². The van der Waals surface area contributed by atoms with Gasteiger partial charge in [0.2, 0.25) is 0 Å². The van der Waals surface area contributed by atoms with E-state index in [9.17, 15) is 0 Å². The van der Waals surface area contributed by atoms with Gasteiger partial charge in [0.15, 0.2) is 0 Å². The minimum atomic E-state index is 0.328. The Bertz CT molecular complexity index is 835. The van der Waals surface area contributed by atoms with E-state index < -0.39 is 0 Å². The second-order valence-electron chi connectivity index (χ2n) is 7.55. The summed E-state index contributed by atoms with van der Waals surface area (Å²) in [6.45, 7) is 16.5. The van der Waals surface area contributed by atoms with Crippen molar-refractivity contribution in [1.29, 1.82) is 0 Å². The molecule has 2 heterocycles. The molecule has 0 aliphatic heterocycles. The molecule has 0 aliphatic rings. The van der Waals surface area contributed by atoms with Gasteiger partial charge in [-0.1, -0.05) is 32.3 Å². The van der Waals surface area contributed by atoms with Crippen LogP contribution in [0.2, 0.25) is 0 Å². The van der Waals surface area contributed by atoms with E-state index in [4.69, 9.17) is 0 Å². The van der Waals surface area contributed by atoms with Crippen molar-refractivity contribution >= 4 is 11.0 Å². The number of hydrogen-bond acceptors (Lipinski definition) is 4. The van der Waals surface area contributed by atoms with Crippen molar-refractivity contribution in [2.24, 2.45) is 5.92 Å². The van der Waals surface area contributed by atoms with Crippen molar-refractivity contribution in [2.75, 3.05) is 27.2 Å². The Morgan fingerprint density at radius 2 is 1.88 bits per heavy atom. The first-order chi connectivity index (χ1) is 12.2. The van der Waals surface area contributed by atoms with Gasteiger partial charge in [0.1, 0.15) is 12.0 Å². The van der Waals surface area contributed by atoms with E-state index in [2.05, 4.69) is 83.7 Å². The molecule has 0 aromatic carbocycles. The summed E-state index contributed by atoms with van der Waals surface area (Å²) in [6, 6.07) is 0.328. The largest absolute Gasteiger partial charge is 0.362 e. The third kappa shape index (κ3) is 4.37. The van der Waals surface area contributed by atoms with Gasteiger partial charge in [-0.2, -0.15) is 0 Å². The van der Waals surface area contributed by atoms with E-state index >= 15 is 0 Å². The minimum Gasteiger partial charge on any atom is -0.362 e. The molecule has 2 aromatic heterocycles. The van der Waals surface area contributed by atoms with Crippen molar-refractivity contribution in [1.82, 2.24) is 24.3 Å². The molecule has 0 bridgehead atoms. The Morgan fingerprint density at radius 3 is 2.50 bits per heavy atom. The standard InChI is InChI=1S/C21H31N5/c1-15(2)12-25(8)18(6)24(7)11-9-10-19-13-26(16(3)4)21-20(19)17(5)22-14-23-21/h13-16H,6,11-12H2,1-5,7-8H3. The smallest absolute Gasteiger partial charge is 0.145 e. The predicted molar refractivity (Wildman–Crippen MR) is 109 cm³/mol. The van der Waals surface area contributed by atoms with E-state index in [1.54, 1.807) is 6.33 Å². The number of nitrogens with zero attached hydrogens (tertiary/aromatic N) is 5. The summed E-state index contributed by atoms with van der Waals surface area (Å²) in [4.78, 5) is 13.1. The molecule has 0 atom stereocenters. The Morgan fingerprint density at radius 1 is 1.19 bits per heavy atom. The zero-order chi connectivity index (χ0) is 19.4. The SMILES string of the molecule is C=C(N(C)CC#Cc1cn(C(C)C)c2ncnc(C)c12)N(C)CC(C)C. The van der Waals surface area contributed by atoms with Gasteiger partial charge in [0, 0.05) is 32.9 Å². The van der Waals surface area contributed by atoms with Crippen molar-refractivity contribution in [3.63, 3.8) is 0 Å². The molecule has 0 saturated heterocycles. The highest BCUT2D eigenvalue weighted by Crippen LogP contribution is 2.24. The summed E-state index contributed by atoms with van der Waals surface area (Å²) in [7, 11) is 4.10. The highest BCUT2D eigenvalue weighted by Gasteiger charge is 2.13. The lowest BCUT2D eigenvalue weighted by atomic mass is 10.2. The quantitative estimate of drug-likeness (QED) is 0.743. The fourth-order valence-corrected chi connectivity index (χ4v) is 3.01. The van der Waals surface area contributed by atoms with Gasteiger partial charge in [-0.3, -0.25) is 0 Å². The van der Waals surface area contributed by atoms with E-state index in [-0.39, 0.29) is 0 Å². The summed E-state index contributed by atoms with van der Waals surface area (Å²) in [6.07, 6.45) is 3.71. The molecule has 5 nitrogen and oxygen atoms in total. The summed E-state index contributed by atoms with van der Waals surface area (Å²) < 4.78 is 2.16. The van der Waals surface area contributed by atoms with Crippen LogP contribution in [0.25, 0.3) is 11.0 Å². The average Bonchev–Trinajstić information content (AvgIpc) is 2.93. The Kier molecular flexibility index (Phi) is 6.31. The van der Waals surface area contributed by atoms with Gasteiger partial charge < -0.3 is 14.4 Å². The fraction of sp³-hybridized carbons (Fsp3) is 0.524. The summed E-state index contributed by atoms with van der Waals surface area (Å²) in [5, 5.41) is 1.05. The van der Waals surface area contributed by atoms with E-state index in [0.29, 0.717) is 18.5 Å². The number of rotatable bonds is 6. The molecule has 26 heavy (non-hydrogen) atoms. The average molecular weight is 354 g/mol. The highest BCUT2D eigenvalue weighted by atomic mass is 15.3. The summed E-state index contributed by atoms with van der Waals surface area (Å²) >= 11 is 0. The lowest BCUT2D eigenvalue weighted by Crippen LogP contribution is -2.32. The van der Waals surface area contributed by atoms with Crippen LogP contribution in [-0.4, -0.2) is 51.5 Å². The van der Waals surface area contributed by atoms with Gasteiger partial charge in [-0.05, 0) is 26.7 Å².